The van der Waals surface area contributed by atoms with E-state index >= 15 is 0 Å². The van der Waals surface area contributed by atoms with Crippen molar-refractivity contribution in [2.45, 2.75) is 24.3 Å². The zero-order valence-electron chi connectivity index (χ0n) is 21.6. The number of H-pyrrole nitrogens is 1. The van der Waals surface area contributed by atoms with Gasteiger partial charge in [0.05, 0.1) is 11.4 Å². The second-order valence-electron chi connectivity index (χ2n) is 9.19. The van der Waals surface area contributed by atoms with E-state index in [9.17, 15) is 17.6 Å². The van der Waals surface area contributed by atoms with Gasteiger partial charge in [-0.05, 0) is 66.4 Å². The van der Waals surface area contributed by atoms with Crippen molar-refractivity contribution in [1.29, 1.82) is 0 Å². The van der Waals surface area contributed by atoms with Crippen LogP contribution in [0.1, 0.15) is 17.5 Å². The van der Waals surface area contributed by atoms with Crippen LogP contribution in [0.5, 0.6) is 0 Å². The van der Waals surface area contributed by atoms with E-state index in [1.807, 2.05) is 30.5 Å². The first-order valence-corrected chi connectivity index (χ1v) is 14.4. The van der Waals surface area contributed by atoms with Crippen molar-refractivity contribution in [3.05, 3.63) is 101 Å². The van der Waals surface area contributed by atoms with Gasteiger partial charge in [0.1, 0.15) is 5.82 Å². The third-order valence-electron chi connectivity index (χ3n) is 6.48. The maximum absolute atomic E-state index is 13.7. The topological polar surface area (TPSA) is 82.7 Å². The van der Waals surface area contributed by atoms with E-state index in [2.05, 4.69) is 4.98 Å². The average Bonchev–Trinajstić information content (AvgIpc) is 3.35. The summed E-state index contributed by atoms with van der Waals surface area (Å²) in [6, 6.07) is 19.7. The van der Waals surface area contributed by atoms with Crippen LogP contribution in [0.3, 0.4) is 0 Å². The predicted molar refractivity (Wildman–Crippen MR) is 151 cm³/mol. The quantitative estimate of drug-likeness (QED) is 0.222. The first-order valence-electron chi connectivity index (χ1n) is 12.6. The molecule has 3 aromatic carbocycles. The molecule has 0 saturated heterocycles. The minimum absolute atomic E-state index is 0.0565. The van der Waals surface area contributed by atoms with Crippen molar-refractivity contribution in [1.82, 2.24) is 14.2 Å². The van der Waals surface area contributed by atoms with Gasteiger partial charge in [0.15, 0.2) is 0 Å². The summed E-state index contributed by atoms with van der Waals surface area (Å²) in [5.74, 6) is -0.720. The lowest BCUT2D eigenvalue weighted by Gasteiger charge is -2.27. The number of nitrogens with zero attached hydrogens (tertiary/aromatic N) is 2. The number of hydrogen-bond donors (Lipinski definition) is 1. The first-order chi connectivity index (χ1) is 18.8. The molecule has 1 N–H and O–H groups in total. The molecular weight excluding hydrogens is 541 g/mol. The summed E-state index contributed by atoms with van der Waals surface area (Å²) in [5, 5.41) is 1.48. The molecular formula is C29H31ClFN3O4S. The second-order valence-corrected chi connectivity index (χ2v) is 11.6. The summed E-state index contributed by atoms with van der Waals surface area (Å²) in [4.78, 5) is 18.6. The number of hydrogen-bond acceptors (Lipinski definition) is 4. The predicted octanol–water partition coefficient (Wildman–Crippen LogP) is 5.26. The van der Waals surface area contributed by atoms with Gasteiger partial charge in [0.2, 0.25) is 15.9 Å². The van der Waals surface area contributed by atoms with E-state index in [0.29, 0.717) is 31.0 Å². The molecule has 0 aliphatic rings. The highest BCUT2D eigenvalue weighted by Gasteiger charge is 2.28. The van der Waals surface area contributed by atoms with Gasteiger partial charge in [-0.1, -0.05) is 41.9 Å². The summed E-state index contributed by atoms with van der Waals surface area (Å²) in [6.07, 6.45) is 2.90. The Kier molecular flexibility index (Phi) is 9.74. The second kappa shape index (κ2) is 13.2. The van der Waals surface area contributed by atoms with E-state index in [4.69, 9.17) is 16.3 Å². The van der Waals surface area contributed by atoms with Crippen molar-refractivity contribution in [3.63, 3.8) is 0 Å². The fraction of sp³-hybridized carbons (Fsp3) is 0.276. The molecule has 0 spiro atoms. The molecule has 1 aromatic heterocycles. The Balaban J connectivity index is 1.58. The van der Waals surface area contributed by atoms with Gasteiger partial charge in [-0.15, -0.1) is 0 Å². The van der Waals surface area contributed by atoms with Gasteiger partial charge >= 0.3 is 0 Å². The number of amides is 1. The van der Waals surface area contributed by atoms with Crippen LogP contribution in [0, 0.1) is 5.82 Å². The number of aromatic nitrogens is 1. The number of carbonyl (C=O) groups is 1. The number of fused-ring (bicyclic) bond motifs is 1. The Morgan fingerprint density at radius 1 is 1.00 bits per heavy atom. The third kappa shape index (κ3) is 7.45. The molecule has 206 valence electrons. The minimum atomic E-state index is -3.98. The number of nitrogens with one attached hydrogen (secondary N) is 1. The number of methoxy groups -OCH3 is 1. The van der Waals surface area contributed by atoms with Crippen molar-refractivity contribution < 1.29 is 22.3 Å². The summed E-state index contributed by atoms with van der Waals surface area (Å²) >= 11 is 5.96. The zero-order chi connectivity index (χ0) is 27.8. The zero-order valence-corrected chi connectivity index (χ0v) is 23.2. The smallest absolute Gasteiger partial charge is 0.243 e. The summed E-state index contributed by atoms with van der Waals surface area (Å²) < 4.78 is 46.8. The number of aromatic amines is 1. The number of carbonyl (C=O) groups excluding carboxylic acids is 1. The monoisotopic (exact) mass is 571 g/mol. The number of ether oxygens (including phenoxy) is 1. The molecule has 0 atom stereocenters. The molecule has 1 heterocycles. The molecule has 4 aromatic rings. The number of sulfonamides is 1. The Bertz CT molecular complexity index is 1490. The molecule has 0 fully saturated rings. The summed E-state index contributed by atoms with van der Waals surface area (Å²) in [5.41, 5.74) is 2.80. The van der Waals surface area contributed by atoms with Crippen LogP contribution in [0.15, 0.2) is 83.9 Å². The number of halogens is 2. The van der Waals surface area contributed by atoms with Crippen LogP contribution in [0.2, 0.25) is 5.02 Å². The maximum atomic E-state index is 13.7. The van der Waals surface area contributed by atoms with Crippen molar-refractivity contribution in [2.75, 3.05) is 33.4 Å². The molecule has 0 aliphatic heterocycles. The van der Waals surface area contributed by atoms with E-state index in [0.717, 1.165) is 22.0 Å². The molecule has 0 aliphatic carbocycles. The van der Waals surface area contributed by atoms with Crippen LogP contribution in [-0.2, 0) is 32.5 Å². The van der Waals surface area contributed by atoms with Crippen LogP contribution >= 0.6 is 11.6 Å². The Labute approximate surface area is 233 Å². The molecule has 0 unspecified atom stereocenters. The number of rotatable bonds is 13. The van der Waals surface area contributed by atoms with Crippen LogP contribution in [-0.4, -0.2) is 61.9 Å². The summed E-state index contributed by atoms with van der Waals surface area (Å²) in [7, 11) is -2.44. The highest BCUT2D eigenvalue weighted by atomic mass is 35.5. The van der Waals surface area contributed by atoms with Gasteiger partial charge in [-0.3, -0.25) is 4.79 Å². The molecule has 0 radical (unpaired) electrons. The molecule has 0 saturated carbocycles. The van der Waals surface area contributed by atoms with Gasteiger partial charge in [0.25, 0.3) is 0 Å². The van der Waals surface area contributed by atoms with Crippen LogP contribution < -0.4 is 0 Å². The van der Waals surface area contributed by atoms with E-state index in [1.54, 1.807) is 24.1 Å². The largest absolute Gasteiger partial charge is 0.385 e. The van der Waals surface area contributed by atoms with Crippen molar-refractivity contribution in [2.24, 2.45) is 0 Å². The fourth-order valence-corrected chi connectivity index (χ4v) is 5.93. The van der Waals surface area contributed by atoms with Crippen molar-refractivity contribution in [3.8, 4) is 0 Å². The lowest BCUT2D eigenvalue weighted by atomic mass is 10.1. The van der Waals surface area contributed by atoms with Crippen LogP contribution in [0.4, 0.5) is 4.39 Å². The van der Waals surface area contributed by atoms with Gasteiger partial charge < -0.3 is 14.6 Å². The third-order valence-corrected chi connectivity index (χ3v) is 8.60. The SMILES string of the molecule is COCCCN(CC(=O)N(CCc1c[nH]c2ccccc12)Cc1ccc(F)cc1)S(=O)(=O)c1ccc(Cl)cc1. The minimum Gasteiger partial charge on any atom is -0.385 e. The number of para-hydroxylation sites is 1. The highest BCUT2D eigenvalue weighted by molar-refractivity contribution is 7.89. The molecule has 0 bridgehead atoms. The molecule has 39 heavy (non-hydrogen) atoms. The fourth-order valence-electron chi connectivity index (χ4n) is 4.37. The lowest BCUT2D eigenvalue weighted by Crippen LogP contribution is -2.43. The Morgan fingerprint density at radius 3 is 2.44 bits per heavy atom. The molecule has 1 amide bonds. The van der Waals surface area contributed by atoms with Gasteiger partial charge in [0, 0.05) is 55.5 Å². The van der Waals surface area contributed by atoms with Gasteiger partial charge in [-0.2, -0.15) is 4.31 Å². The van der Waals surface area contributed by atoms with Gasteiger partial charge in [-0.25, -0.2) is 12.8 Å². The van der Waals surface area contributed by atoms with Crippen LogP contribution in [0.25, 0.3) is 10.9 Å². The molecule has 10 heteroatoms. The standard InChI is InChI=1S/C29H31ClFN3O4S/c1-38-18-4-16-34(39(36,37)26-13-9-24(30)10-14-26)21-29(35)33(20-22-7-11-25(31)12-8-22)17-15-23-19-32-28-6-3-2-5-27(23)28/h2-3,5-14,19,32H,4,15-18,20-21H2,1H3. The Morgan fingerprint density at radius 2 is 1.72 bits per heavy atom. The maximum Gasteiger partial charge on any atom is 0.243 e. The van der Waals surface area contributed by atoms with E-state index in [1.165, 1.54) is 40.7 Å². The normalized spacial score (nSPS) is 11.8. The average molecular weight is 572 g/mol. The highest BCUT2D eigenvalue weighted by Crippen LogP contribution is 2.21. The number of benzene rings is 3. The summed E-state index contributed by atoms with van der Waals surface area (Å²) in [6.45, 7) is 0.682. The van der Waals surface area contributed by atoms with E-state index in [-0.39, 0.29) is 36.3 Å². The molecule has 4 rings (SSSR count). The molecule has 7 nitrogen and oxygen atoms in total. The van der Waals surface area contributed by atoms with Crippen molar-refractivity contribution >= 4 is 38.4 Å². The lowest BCUT2D eigenvalue weighted by molar-refractivity contribution is -0.132. The first kappa shape index (κ1) is 28.8. The Hall–Kier alpha value is -3.24. The van der Waals surface area contributed by atoms with E-state index < -0.39 is 10.0 Å².